The predicted molar refractivity (Wildman–Crippen MR) is 89.8 cm³/mol. The number of carbonyl (C=O) groups excluding carboxylic acids is 1. The fourth-order valence-electron chi connectivity index (χ4n) is 2.22. The Bertz CT molecular complexity index is 868. The zero-order chi connectivity index (χ0) is 15.9. The van der Waals surface area contributed by atoms with Gasteiger partial charge in [-0.25, -0.2) is 9.97 Å². The Hall–Kier alpha value is -1.93. The maximum absolute atomic E-state index is 12.6. The molecule has 1 N–H and O–H groups in total. The molecule has 0 unspecified atom stereocenters. The van der Waals surface area contributed by atoms with Gasteiger partial charge in [0.05, 0.1) is 27.0 Å². The van der Waals surface area contributed by atoms with Crippen LogP contribution in [0.15, 0.2) is 16.5 Å². The van der Waals surface area contributed by atoms with E-state index in [2.05, 4.69) is 20.4 Å². The minimum absolute atomic E-state index is 0.190. The summed E-state index contributed by atoms with van der Waals surface area (Å²) < 4.78 is 2.77. The standard InChI is InChI=1S/C14H15N5OS2/c1-7-5-9(10-6-15-19(3)11(10)16-7)12(20)18-14-17-8(2)13(21-4)22-14/h5-6H,1-4H3,(H,17,18,20). The molecule has 114 valence electrons. The molecular formula is C14H15N5OS2. The Labute approximate surface area is 136 Å². The van der Waals surface area contributed by atoms with Crippen molar-refractivity contribution in [2.24, 2.45) is 7.05 Å². The SMILES string of the molecule is CSc1sc(NC(=O)c2cc(C)nc3c2cnn3C)nc1C. The maximum atomic E-state index is 12.6. The number of thiazole rings is 1. The molecule has 0 radical (unpaired) electrons. The average Bonchev–Trinajstić information content (AvgIpc) is 3.01. The molecule has 0 bridgehead atoms. The molecule has 6 nitrogen and oxygen atoms in total. The summed E-state index contributed by atoms with van der Waals surface area (Å²) in [5, 5.41) is 8.40. The predicted octanol–water partition coefficient (Wildman–Crippen LogP) is 3.02. The molecule has 1 amide bonds. The van der Waals surface area contributed by atoms with E-state index in [0.717, 1.165) is 21.0 Å². The second-order valence-corrected chi connectivity index (χ2v) is 6.94. The fourth-order valence-corrected chi connectivity index (χ4v) is 3.82. The quantitative estimate of drug-likeness (QED) is 0.746. The van der Waals surface area contributed by atoms with Crippen LogP contribution < -0.4 is 5.32 Å². The number of amides is 1. The molecule has 0 aliphatic rings. The molecule has 0 spiro atoms. The summed E-state index contributed by atoms with van der Waals surface area (Å²) in [4.78, 5) is 21.4. The lowest BCUT2D eigenvalue weighted by Gasteiger charge is -2.05. The lowest BCUT2D eigenvalue weighted by Crippen LogP contribution is -2.13. The highest BCUT2D eigenvalue weighted by molar-refractivity contribution is 8.00. The second-order valence-electron chi connectivity index (χ2n) is 4.87. The number of hydrogen-bond acceptors (Lipinski definition) is 6. The number of hydrogen-bond donors (Lipinski definition) is 1. The van der Waals surface area contributed by atoms with Gasteiger partial charge in [0.1, 0.15) is 0 Å². The van der Waals surface area contributed by atoms with Crippen molar-refractivity contribution in [2.45, 2.75) is 18.1 Å². The molecule has 0 aliphatic carbocycles. The summed E-state index contributed by atoms with van der Waals surface area (Å²) in [6.45, 7) is 3.80. The lowest BCUT2D eigenvalue weighted by atomic mass is 10.1. The van der Waals surface area contributed by atoms with E-state index in [-0.39, 0.29) is 5.91 Å². The number of aryl methyl sites for hydroxylation is 3. The number of anilines is 1. The highest BCUT2D eigenvalue weighted by atomic mass is 32.2. The minimum atomic E-state index is -0.190. The molecule has 3 aromatic heterocycles. The van der Waals surface area contributed by atoms with E-state index in [9.17, 15) is 4.79 Å². The van der Waals surface area contributed by atoms with E-state index in [0.29, 0.717) is 16.3 Å². The van der Waals surface area contributed by atoms with Crippen LogP contribution in [0.25, 0.3) is 11.0 Å². The number of nitrogens with one attached hydrogen (secondary N) is 1. The number of fused-ring (bicyclic) bond motifs is 1. The van der Waals surface area contributed by atoms with E-state index in [4.69, 9.17) is 0 Å². The van der Waals surface area contributed by atoms with E-state index in [1.807, 2.05) is 27.2 Å². The molecular weight excluding hydrogens is 318 g/mol. The zero-order valence-corrected chi connectivity index (χ0v) is 14.3. The highest BCUT2D eigenvalue weighted by Crippen LogP contribution is 2.30. The average molecular weight is 333 g/mol. The van der Waals surface area contributed by atoms with Crippen molar-refractivity contribution in [3.63, 3.8) is 0 Å². The summed E-state index contributed by atoms with van der Waals surface area (Å²) in [7, 11) is 1.81. The van der Waals surface area contributed by atoms with Crippen molar-refractivity contribution in [2.75, 3.05) is 11.6 Å². The molecule has 8 heteroatoms. The zero-order valence-electron chi connectivity index (χ0n) is 12.7. The second kappa shape index (κ2) is 5.69. The van der Waals surface area contributed by atoms with Gasteiger partial charge in [0.25, 0.3) is 5.91 Å². The molecule has 0 aliphatic heterocycles. The monoisotopic (exact) mass is 333 g/mol. The third-order valence-electron chi connectivity index (χ3n) is 3.24. The third kappa shape index (κ3) is 2.59. The third-order valence-corrected chi connectivity index (χ3v) is 5.52. The van der Waals surface area contributed by atoms with Crippen LogP contribution in [-0.2, 0) is 7.05 Å². The van der Waals surface area contributed by atoms with Gasteiger partial charge in [-0.15, -0.1) is 11.8 Å². The Morgan fingerprint density at radius 2 is 2.14 bits per heavy atom. The van der Waals surface area contributed by atoms with Gasteiger partial charge >= 0.3 is 0 Å². The first-order chi connectivity index (χ1) is 10.5. The maximum Gasteiger partial charge on any atom is 0.258 e. The van der Waals surface area contributed by atoms with Crippen LogP contribution in [0.4, 0.5) is 5.13 Å². The van der Waals surface area contributed by atoms with Crippen LogP contribution in [-0.4, -0.2) is 31.9 Å². The first-order valence-electron chi connectivity index (χ1n) is 6.61. The Morgan fingerprint density at radius 3 is 2.82 bits per heavy atom. The molecule has 0 atom stereocenters. The number of pyridine rings is 1. The van der Waals surface area contributed by atoms with Gasteiger partial charge < -0.3 is 0 Å². The van der Waals surface area contributed by atoms with Crippen LogP contribution in [0.1, 0.15) is 21.7 Å². The lowest BCUT2D eigenvalue weighted by molar-refractivity contribution is 0.102. The number of rotatable bonds is 3. The van der Waals surface area contributed by atoms with Crippen LogP contribution >= 0.6 is 23.1 Å². The van der Waals surface area contributed by atoms with E-state index < -0.39 is 0 Å². The fraction of sp³-hybridized carbons (Fsp3) is 0.286. The number of nitrogens with zero attached hydrogens (tertiary/aromatic N) is 4. The molecule has 3 aromatic rings. The normalized spacial score (nSPS) is 11.1. The summed E-state index contributed by atoms with van der Waals surface area (Å²) in [5.74, 6) is -0.190. The van der Waals surface area contributed by atoms with E-state index >= 15 is 0 Å². The Morgan fingerprint density at radius 1 is 1.36 bits per heavy atom. The molecule has 3 heterocycles. The summed E-state index contributed by atoms with van der Waals surface area (Å²) in [6, 6.07) is 1.77. The van der Waals surface area contributed by atoms with Crippen LogP contribution in [0.5, 0.6) is 0 Å². The first-order valence-corrected chi connectivity index (χ1v) is 8.66. The number of aromatic nitrogens is 4. The number of carbonyl (C=O) groups is 1. The Kier molecular flexibility index (Phi) is 3.88. The van der Waals surface area contributed by atoms with Gasteiger partial charge in [0, 0.05) is 12.7 Å². The minimum Gasteiger partial charge on any atom is -0.298 e. The van der Waals surface area contributed by atoms with Crippen molar-refractivity contribution < 1.29 is 4.79 Å². The van der Waals surface area contributed by atoms with Crippen LogP contribution in [0.3, 0.4) is 0 Å². The molecule has 0 saturated carbocycles. The van der Waals surface area contributed by atoms with E-state index in [1.54, 1.807) is 28.7 Å². The van der Waals surface area contributed by atoms with Gasteiger partial charge in [-0.3, -0.25) is 14.8 Å². The summed E-state index contributed by atoms with van der Waals surface area (Å²) in [5.41, 5.74) is 2.98. The molecule has 3 rings (SSSR count). The van der Waals surface area contributed by atoms with Crippen molar-refractivity contribution in [3.8, 4) is 0 Å². The van der Waals surface area contributed by atoms with Gasteiger partial charge in [0.15, 0.2) is 10.8 Å². The van der Waals surface area contributed by atoms with Crippen molar-refractivity contribution in [3.05, 3.63) is 29.2 Å². The Balaban J connectivity index is 1.98. The molecule has 0 fully saturated rings. The summed E-state index contributed by atoms with van der Waals surface area (Å²) in [6.07, 6.45) is 3.66. The van der Waals surface area contributed by atoms with Gasteiger partial charge in [0.2, 0.25) is 0 Å². The van der Waals surface area contributed by atoms with Gasteiger partial charge in [-0.05, 0) is 26.2 Å². The number of thioether (sulfide) groups is 1. The molecule has 0 aromatic carbocycles. The van der Waals surface area contributed by atoms with Crippen LogP contribution in [0.2, 0.25) is 0 Å². The summed E-state index contributed by atoms with van der Waals surface area (Å²) >= 11 is 3.11. The van der Waals surface area contributed by atoms with Gasteiger partial charge in [-0.2, -0.15) is 5.10 Å². The van der Waals surface area contributed by atoms with Gasteiger partial charge in [-0.1, -0.05) is 11.3 Å². The van der Waals surface area contributed by atoms with E-state index in [1.165, 1.54) is 11.3 Å². The van der Waals surface area contributed by atoms with Crippen molar-refractivity contribution >= 4 is 45.2 Å². The smallest absolute Gasteiger partial charge is 0.258 e. The van der Waals surface area contributed by atoms with Crippen molar-refractivity contribution in [1.82, 2.24) is 19.7 Å². The van der Waals surface area contributed by atoms with Crippen LogP contribution in [0, 0.1) is 13.8 Å². The van der Waals surface area contributed by atoms with Crippen molar-refractivity contribution in [1.29, 1.82) is 0 Å². The first kappa shape index (κ1) is 15.0. The molecule has 22 heavy (non-hydrogen) atoms. The molecule has 0 saturated heterocycles. The topological polar surface area (TPSA) is 72.7 Å². The largest absolute Gasteiger partial charge is 0.298 e. The highest BCUT2D eigenvalue weighted by Gasteiger charge is 2.17.